The van der Waals surface area contributed by atoms with Gasteiger partial charge in [-0.3, -0.25) is 4.98 Å². The van der Waals surface area contributed by atoms with Crippen LogP contribution in [0.4, 0.5) is 0 Å². The van der Waals surface area contributed by atoms with E-state index in [0.29, 0.717) is 5.56 Å². The molecule has 0 bridgehead atoms. The quantitative estimate of drug-likeness (QED) is 0.384. The first-order chi connectivity index (χ1) is 12.7. The van der Waals surface area contributed by atoms with Gasteiger partial charge in [-0.1, -0.05) is 64.3 Å². The average Bonchev–Trinajstić information content (AvgIpc) is 2.70. The fraction of sp³-hybridized carbons (Fsp3) is 0.478. The van der Waals surface area contributed by atoms with E-state index in [1.165, 1.54) is 24.8 Å². The highest BCUT2D eigenvalue weighted by atomic mass is 16.5. The van der Waals surface area contributed by atoms with Crippen molar-refractivity contribution in [1.82, 2.24) is 4.98 Å². The molecule has 2 aromatic rings. The third-order valence-corrected chi connectivity index (χ3v) is 4.73. The second-order valence-electron chi connectivity index (χ2n) is 6.75. The minimum Gasteiger partial charge on any atom is -0.454 e. The van der Waals surface area contributed by atoms with Crippen molar-refractivity contribution in [2.45, 2.75) is 71.8 Å². The zero-order valence-electron chi connectivity index (χ0n) is 16.3. The van der Waals surface area contributed by atoms with Gasteiger partial charge in [0.25, 0.3) is 0 Å². The van der Waals surface area contributed by atoms with Crippen molar-refractivity contribution in [1.29, 1.82) is 0 Å². The molecule has 1 heterocycles. The smallest absolute Gasteiger partial charge is 0.340 e. The largest absolute Gasteiger partial charge is 0.454 e. The molecule has 3 nitrogen and oxygen atoms in total. The SMILES string of the molecule is CCCCCCc1ccc(C(=O)OC(CC)c2ccc(CC)cc2)cn1. The summed E-state index contributed by atoms with van der Waals surface area (Å²) >= 11 is 0. The number of unbranched alkanes of at least 4 members (excludes halogenated alkanes) is 3. The number of ether oxygens (including phenoxy) is 1. The van der Waals surface area contributed by atoms with Crippen LogP contribution in [-0.4, -0.2) is 11.0 Å². The second kappa shape index (κ2) is 10.7. The van der Waals surface area contributed by atoms with Crippen LogP contribution < -0.4 is 0 Å². The first kappa shape index (κ1) is 20.2. The van der Waals surface area contributed by atoms with Crippen LogP contribution in [0.15, 0.2) is 42.6 Å². The first-order valence-electron chi connectivity index (χ1n) is 9.92. The van der Waals surface area contributed by atoms with Gasteiger partial charge in [0.05, 0.1) is 5.56 Å². The van der Waals surface area contributed by atoms with Gasteiger partial charge in [0.1, 0.15) is 6.10 Å². The van der Waals surface area contributed by atoms with Gasteiger partial charge >= 0.3 is 5.97 Å². The van der Waals surface area contributed by atoms with Crippen molar-refractivity contribution in [3.63, 3.8) is 0 Å². The summed E-state index contributed by atoms with van der Waals surface area (Å²) in [6.45, 7) is 6.37. The number of hydrogen-bond donors (Lipinski definition) is 0. The van der Waals surface area contributed by atoms with Crippen molar-refractivity contribution >= 4 is 5.97 Å². The number of aryl methyl sites for hydroxylation is 2. The van der Waals surface area contributed by atoms with Crippen LogP contribution in [-0.2, 0) is 17.6 Å². The molecule has 0 fully saturated rings. The molecule has 26 heavy (non-hydrogen) atoms. The number of rotatable bonds is 10. The normalized spacial score (nSPS) is 12.0. The Hall–Kier alpha value is -2.16. The Morgan fingerprint density at radius 3 is 2.35 bits per heavy atom. The molecule has 0 amide bonds. The third-order valence-electron chi connectivity index (χ3n) is 4.73. The van der Waals surface area contributed by atoms with E-state index in [1.54, 1.807) is 6.20 Å². The highest BCUT2D eigenvalue weighted by molar-refractivity contribution is 5.89. The number of aromatic nitrogens is 1. The molecule has 0 radical (unpaired) electrons. The lowest BCUT2D eigenvalue weighted by atomic mass is 10.0. The summed E-state index contributed by atoms with van der Waals surface area (Å²) < 4.78 is 5.72. The maximum absolute atomic E-state index is 12.5. The molecular formula is C23H31NO2. The summed E-state index contributed by atoms with van der Waals surface area (Å²) in [5.41, 5.74) is 3.89. The standard InChI is InChI=1S/C23H31NO2/c1-4-7-8-9-10-21-16-15-20(17-24-21)23(25)26-22(6-3)19-13-11-18(5-2)12-14-19/h11-17,22H,4-10H2,1-3H3. The highest BCUT2D eigenvalue weighted by Gasteiger charge is 2.16. The lowest BCUT2D eigenvalue weighted by molar-refractivity contribution is 0.0287. The van der Waals surface area contributed by atoms with Gasteiger partial charge in [0.15, 0.2) is 0 Å². The number of pyridine rings is 1. The molecule has 0 N–H and O–H groups in total. The Kier molecular flexibility index (Phi) is 8.33. The molecule has 1 atom stereocenters. The van der Waals surface area contributed by atoms with E-state index in [1.807, 2.05) is 19.1 Å². The van der Waals surface area contributed by atoms with Gasteiger partial charge in [-0.25, -0.2) is 4.79 Å². The second-order valence-corrected chi connectivity index (χ2v) is 6.75. The molecule has 0 spiro atoms. The number of carbonyl (C=O) groups excluding carboxylic acids is 1. The molecule has 140 valence electrons. The van der Waals surface area contributed by atoms with Crippen LogP contribution in [0.1, 0.15) is 86.2 Å². The lowest BCUT2D eigenvalue weighted by Crippen LogP contribution is -2.11. The van der Waals surface area contributed by atoms with Crippen LogP contribution in [0.2, 0.25) is 0 Å². The number of esters is 1. The maximum Gasteiger partial charge on any atom is 0.340 e. The minimum absolute atomic E-state index is 0.220. The molecule has 1 unspecified atom stereocenters. The topological polar surface area (TPSA) is 39.2 Å². The van der Waals surface area contributed by atoms with Gasteiger partial charge in [0.2, 0.25) is 0 Å². The van der Waals surface area contributed by atoms with Gasteiger partial charge in [0, 0.05) is 11.9 Å². The average molecular weight is 354 g/mol. The van der Waals surface area contributed by atoms with Crippen molar-refractivity contribution < 1.29 is 9.53 Å². The van der Waals surface area contributed by atoms with Crippen LogP contribution in [0.25, 0.3) is 0 Å². The molecule has 0 aliphatic carbocycles. The lowest BCUT2D eigenvalue weighted by Gasteiger charge is -2.17. The Morgan fingerprint density at radius 1 is 1.00 bits per heavy atom. The molecule has 0 aliphatic heterocycles. The molecule has 0 aliphatic rings. The summed E-state index contributed by atoms with van der Waals surface area (Å²) in [4.78, 5) is 16.9. The first-order valence-corrected chi connectivity index (χ1v) is 9.92. The summed E-state index contributed by atoms with van der Waals surface area (Å²) in [7, 11) is 0. The monoisotopic (exact) mass is 353 g/mol. The summed E-state index contributed by atoms with van der Waals surface area (Å²) in [6.07, 6.45) is 9.03. The van der Waals surface area contributed by atoms with Crippen LogP contribution in [0.3, 0.4) is 0 Å². The molecule has 0 saturated heterocycles. The van der Waals surface area contributed by atoms with Crippen LogP contribution >= 0.6 is 0 Å². The Bertz CT molecular complexity index is 662. The molecular weight excluding hydrogens is 322 g/mol. The number of carbonyl (C=O) groups is 1. The fourth-order valence-electron chi connectivity index (χ4n) is 2.98. The van der Waals surface area contributed by atoms with Crippen molar-refractivity contribution in [2.24, 2.45) is 0 Å². The van der Waals surface area contributed by atoms with Gasteiger partial charge < -0.3 is 4.74 Å². The molecule has 3 heteroatoms. The highest BCUT2D eigenvalue weighted by Crippen LogP contribution is 2.23. The van der Waals surface area contributed by atoms with Gasteiger partial charge in [-0.05, 0) is 48.9 Å². The van der Waals surface area contributed by atoms with E-state index in [-0.39, 0.29) is 12.1 Å². The Labute approximate surface area is 157 Å². The fourth-order valence-corrected chi connectivity index (χ4v) is 2.98. The van der Waals surface area contributed by atoms with E-state index >= 15 is 0 Å². The minimum atomic E-state index is -0.304. The molecule has 1 aromatic carbocycles. The predicted molar refractivity (Wildman–Crippen MR) is 106 cm³/mol. The van der Waals surface area contributed by atoms with E-state index < -0.39 is 0 Å². The molecule has 2 rings (SSSR count). The van der Waals surface area contributed by atoms with Crippen molar-refractivity contribution in [2.75, 3.05) is 0 Å². The third kappa shape index (κ3) is 5.98. The zero-order valence-corrected chi connectivity index (χ0v) is 16.3. The van der Waals surface area contributed by atoms with Crippen molar-refractivity contribution in [3.05, 3.63) is 65.0 Å². The van der Waals surface area contributed by atoms with Gasteiger partial charge in [-0.15, -0.1) is 0 Å². The van der Waals surface area contributed by atoms with Crippen LogP contribution in [0, 0.1) is 0 Å². The summed E-state index contributed by atoms with van der Waals surface area (Å²) in [5, 5.41) is 0. The van der Waals surface area contributed by atoms with Crippen LogP contribution in [0.5, 0.6) is 0 Å². The Morgan fingerprint density at radius 2 is 1.77 bits per heavy atom. The van der Waals surface area contributed by atoms with E-state index in [9.17, 15) is 4.79 Å². The summed E-state index contributed by atoms with van der Waals surface area (Å²) in [6, 6.07) is 12.1. The van der Waals surface area contributed by atoms with E-state index in [0.717, 1.165) is 36.9 Å². The Balaban J connectivity index is 1.94. The predicted octanol–water partition coefficient (Wildman–Crippen LogP) is 6.07. The molecule has 0 saturated carbocycles. The maximum atomic E-state index is 12.5. The summed E-state index contributed by atoms with van der Waals surface area (Å²) in [5.74, 6) is -0.304. The number of nitrogens with zero attached hydrogens (tertiary/aromatic N) is 1. The van der Waals surface area contributed by atoms with E-state index in [2.05, 4.69) is 43.1 Å². The number of benzene rings is 1. The number of hydrogen-bond acceptors (Lipinski definition) is 3. The van der Waals surface area contributed by atoms with E-state index in [4.69, 9.17) is 4.74 Å². The zero-order chi connectivity index (χ0) is 18.8. The molecule has 1 aromatic heterocycles. The van der Waals surface area contributed by atoms with Crippen molar-refractivity contribution in [3.8, 4) is 0 Å². The van der Waals surface area contributed by atoms with Gasteiger partial charge in [-0.2, -0.15) is 0 Å².